The van der Waals surface area contributed by atoms with Crippen LogP contribution in [-0.2, 0) is 0 Å². The lowest BCUT2D eigenvalue weighted by Gasteiger charge is -2.21. The van der Waals surface area contributed by atoms with Crippen LogP contribution in [0.4, 0.5) is 27.8 Å². The summed E-state index contributed by atoms with van der Waals surface area (Å²) in [6, 6.07) is 0.692. The maximum absolute atomic E-state index is 13.8. The molecular weight excluding hydrogens is 477 g/mol. The van der Waals surface area contributed by atoms with Gasteiger partial charge >= 0.3 is 6.18 Å². The van der Waals surface area contributed by atoms with E-state index in [1.807, 2.05) is 12.2 Å². The van der Waals surface area contributed by atoms with Crippen molar-refractivity contribution in [3.63, 3.8) is 0 Å². The van der Waals surface area contributed by atoms with Gasteiger partial charge in [-0.2, -0.15) is 13.2 Å². The van der Waals surface area contributed by atoms with Gasteiger partial charge < -0.3 is 10.2 Å². The van der Waals surface area contributed by atoms with Crippen LogP contribution in [0.15, 0.2) is 12.3 Å². The van der Waals surface area contributed by atoms with E-state index in [0.717, 1.165) is 25.1 Å². The van der Waals surface area contributed by atoms with Crippen molar-refractivity contribution in [2.45, 2.75) is 38.4 Å². The predicted octanol–water partition coefficient (Wildman–Crippen LogP) is 4.32. The number of rotatable bonds is 6. The lowest BCUT2D eigenvalue weighted by molar-refractivity contribution is -0.115. The zero-order chi connectivity index (χ0) is 23.6. The molecule has 2 aromatic heterocycles. The highest BCUT2D eigenvalue weighted by Gasteiger charge is 2.33. The van der Waals surface area contributed by atoms with Crippen molar-refractivity contribution in [2.75, 3.05) is 18.4 Å². The van der Waals surface area contributed by atoms with Crippen LogP contribution in [0.25, 0.3) is 10.4 Å². The normalized spacial score (nSPS) is 16.5. The van der Waals surface area contributed by atoms with Crippen LogP contribution < -0.4 is 10.0 Å². The summed E-state index contributed by atoms with van der Waals surface area (Å²) in [6.45, 7) is 0.836. The highest BCUT2D eigenvalue weighted by atomic mass is 32.1. The summed E-state index contributed by atoms with van der Waals surface area (Å²) < 4.78 is 67.0. The molecule has 2 N–H and O–H groups in total. The lowest BCUT2D eigenvalue weighted by atomic mass is 10.1. The van der Waals surface area contributed by atoms with Crippen LogP contribution in [-0.4, -0.2) is 52.0 Å². The largest absolute Gasteiger partial charge is 0.405 e. The number of hydrogen-bond donors (Lipinski definition) is 3. The maximum Gasteiger partial charge on any atom is 0.405 e. The van der Waals surface area contributed by atoms with Gasteiger partial charge in [0.2, 0.25) is 0 Å². The minimum Gasteiger partial charge on any atom is -0.361 e. The summed E-state index contributed by atoms with van der Waals surface area (Å²) in [7, 11) is 0. The van der Waals surface area contributed by atoms with Crippen LogP contribution in [0.3, 0.4) is 0 Å². The van der Waals surface area contributed by atoms with Crippen molar-refractivity contribution in [2.24, 2.45) is 0 Å². The first-order valence-corrected chi connectivity index (χ1v) is 10.6. The van der Waals surface area contributed by atoms with Crippen molar-refractivity contribution < 1.29 is 31.5 Å². The molecule has 0 aliphatic carbocycles. The molecule has 2 amide bonds. The van der Waals surface area contributed by atoms with Gasteiger partial charge in [-0.1, -0.05) is 12.8 Å². The summed E-state index contributed by atoms with van der Waals surface area (Å²) in [5, 5.41) is 1.77. The van der Waals surface area contributed by atoms with Crippen LogP contribution in [0, 0.1) is 0 Å². The molecule has 1 aliphatic heterocycles. The molecule has 1 saturated heterocycles. The smallest absolute Gasteiger partial charge is 0.361 e. The number of aromatic nitrogens is 2. The first-order chi connectivity index (χ1) is 15.0. The Morgan fingerprint density at radius 3 is 2.66 bits per heavy atom. The Morgan fingerprint density at radius 2 is 2.09 bits per heavy atom. The third-order valence-electron chi connectivity index (χ3n) is 4.82. The van der Waals surface area contributed by atoms with Crippen LogP contribution >= 0.6 is 24.2 Å². The number of anilines is 1. The Labute approximate surface area is 189 Å². The lowest BCUT2D eigenvalue weighted by Crippen LogP contribution is -2.34. The summed E-state index contributed by atoms with van der Waals surface area (Å²) in [5.41, 5.74) is -1.03. The molecule has 7 nitrogen and oxygen atoms in total. The van der Waals surface area contributed by atoms with Crippen LogP contribution in [0.1, 0.15) is 52.0 Å². The van der Waals surface area contributed by atoms with E-state index >= 15 is 0 Å². The van der Waals surface area contributed by atoms with Gasteiger partial charge in [-0.15, -0.1) is 11.3 Å². The fourth-order valence-corrected chi connectivity index (χ4v) is 4.46. The maximum atomic E-state index is 13.8. The van der Waals surface area contributed by atoms with Crippen LogP contribution in [0.5, 0.6) is 0 Å². The number of thiazole rings is 1. The molecule has 1 fully saturated rings. The molecular formula is C18H18F5N5O2S2. The van der Waals surface area contributed by atoms with Crippen molar-refractivity contribution in [3.05, 3.63) is 28.5 Å². The second-order valence-corrected chi connectivity index (χ2v) is 8.28. The first-order valence-electron chi connectivity index (χ1n) is 9.37. The molecule has 14 heteroatoms. The van der Waals surface area contributed by atoms with Gasteiger partial charge in [0.15, 0.2) is 5.01 Å². The van der Waals surface area contributed by atoms with Gasteiger partial charge in [0, 0.05) is 29.9 Å². The van der Waals surface area contributed by atoms with Gasteiger partial charge in [-0.25, -0.2) is 18.7 Å². The van der Waals surface area contributed by atoms with Gasteiger partial charge in [-0.3, -0.25) is 14.3 Å². The van der Waals surface area contributed by atoms with E-state index in [0.29, 0.717) is 17.9 Å². The molecule has 174 valence electrons. The van der Waals surface area contributed by atoms with Gasteiger partial charge in [0.1, 0.15) is 18.1 Å². The van der Waals surface area contributed by atoms with E-state index < -0.39 is 42.3 Å². The number of thiol groups is 1. The summed E-state index contributed by atoms with van der Waals surface area (Å²) in [6.07, 6.45) is -5.18. The number of carbonyl (C=O) groups excluding carboxylic acids is 2. The minimum atomic E-state index is -4.57. The van der Waals surface area contributed by atoms with E-state index in [-0.39, 0.29) is 27.2 Å². The molecule has 2 aromatic rings. The Hall–Kier alpha value is -2.48. The SMILES string of the molecule is CC1CCCN1C(=O)c1nc(C(=O)NS)sc1-c1cnc(NCC(F)(F)F)cc1C(F)F. The van der Waals surface area contributed by atoms with Gasteiger partial charge in [-0.05, 0) is 25.8 Å². The summed E-state index contributed by atoms with van der Waals surface area (Å²) in [5.74, 6) is -1.66. The number of likely N-dealkylation sites (tertiary alicyclic amines) is 1. The van der Waals surface area contributed by atoms with Crippen molar-refractivity contribution in [1.29, 1.82) is 0 Å². The Bertz CT molecular complexity index is 1010. The molecule has 3 rings (SSSR count). The summed E-state index contributed by atoms with van der Waals surface area (Å²) >= 11 is 4.36. The fourth-order valence-electron chi connectivity index (χ4n) is 3.29. The zero-order valence-electron chi connectivity index (χ0n) is 16.5. The highest BCUT2D eigenvalue weighted by molar-refractivity contribution is 7.78. The number of pyridine rings is 1. The molecule has 1 unspecified atom stereocenters. The molecule has 0 spiro atoms. The van der Waals surface area contributed by atoms with E-state index in [2.05, 4.69) is 27.5 Å². The Kier molecular flexibility index (Phi) is 7.22. The minimum absolute atomic E-state index is 0.0220. The number of hydrogen-bond acceptors (Lipinski definition) is 7. The molecule has 0 saturated carbocycles. The Morgan fingerprint density at radius 1 is 1.38 bits per heavy atom. The number of nitrogens with zero attached hydrogens (tertiary/aromatic N) is 3. The second kappa shape index (κ2) is 9.57. The highest BCUT2D eigenvalue weighted by Crippen LogP contribution is 2.38. The predicted molar refractivity (Wildman–Crippen MR) is 111 cm³/mol. The third kappa shape index (κ3) is 5.28. The summed E-state index contributed by atoms with van der Waals surface area (Å²) in [4.78, 5) is 34.5. The molecule has 1 aliphatic rings. The standard InChI is InChI=1S/C18H18F5N5O2S2/c1-8-3-2-4-28(8)17(30)12-13(32-16(26-12)15(29)27-31)10-6-24-11(5-9(10)14(19)20)25-7-18(21,22)23/h5-6,8,14,31H,2-4,7H2,1H3,(H,24,25)(H,27,29). The topological polar surface area (TPSA) is 87.2 Å². The van der Waals surface area contributed by atoms with E-state index in [1.54, 1.807) is 0 Å². The van der Waals surface area contributed by atoms with E-state index in [1.165, 1.54) is 4.90 Å². The quantitative estimate of drug-likeness (QED) is 0.411. The first kappa shape index (κ1) is 24.2. The molecule has 0 radical (unpaired) electrons. The molecule has 32 heavy (non-hydrogen) atoms. The van der Waals surface area contributed by atoms with E-state index in [9.17, 15) is 31.5 Å². The number of amides is 2. The van der Waals surface area contributed by atoms with Gasteiger partial charge in [0.25, 0.3) is 18.2 Å². The molecule has 3 heterocycles. The van der Waals surface area contributed by atoms with Crippen LogP contribution in [0.2, 0.25) is 0 Å². The van der Waals surface area contributed by atoms with E-state index in [4.69, 9.17) is 0 Å². The molecule has 0 aromatic carbocycles. The van der Waals surface area contributed by atoms with Crippen molar-refractivity contribution in [1.82, 2.24) is 19.6 Å². The van der Waals surface area contributed by atoms with Crippen molar-refractivity contribution >= 4 is 41.8 Å². The Balaban J connectivity index is 2.07. The number of carbonyl (C=O) groups is 2. The third-order valence-corrected chi connectivity index (χ3v) is 6.12. The van der Waals surface area contributed by atoms with Gasteiger partial charge in [0.05, 0.1) is 4.88 Å². The average Bonchev–Trinajstić information content (AvgIpc) is 3.37. The zero-order valence-corrected chi connectivity index (χ0v) is 18.3. The second-order valence-electron chi connectivity index (χ2n) is 7.05. The molecule has 1 atom stereocenters. The number of halogens is 5. The number of nitrogens with one attached hydrogen (secondary N) is 2. The van der Waals surface area contributed by atoms with Crippen molar-refractivity contribution in [3.8, 4) is 10.4 Å². The average molecular weight is 495 g/mol. The molecule has 0 bridgehead atoms. The fraction of sp³-hybridized carbons (Fsp3) is 0.444. The number of alkyl halides is 5. The monoisotopic (exact) mass is 495 g/mol.